The highest BCUT2D eigenvalue weighted by atomic mass is 15.1. The maximum Gasteiger partial charge on any atom is 0.103 e. The maximum atomic E-state index is 9.71. The molecule has 172 valence electrons. The van der Waals surface area contributed by atoms with Gasteiger partial charge in [-0.1, -0.05) is 48.0 Å². The largest absolute Gasteiger partial charge is 0.354 e. The Morgan fingerprint density at radius 3 is 2.56 bits per heavy atom. The van der Waals surface area contributed by atoms with Gasteiger partial charge in [-0.3, -0.25) is 4.98 Å². The lowest BCUT2D eigenvalue weighted by Gasteiger charge is -2.15. The minimum Gasteiger partial charge on any atom is -0.354 e. The van der Waals surface area contributed by atoms with E-state index in [0.29, 0.717) is 5.56 Å². The van der Waals surface area contributed by atoms with Crippen molar-refractivity contribution in [2.75, 3.05) is 32.5 Å². The molecule has 4 rings (SSSR count). The van der Waals surface area contributed by atoms with Crippen LogP contribution in [0, 0.1) is 25.2 Å². The molecule has 4 aromatic rings. The molecule has 0 bridgehead atoms. The van der Waals surface area contributed by atoms with Crippen LogP contribution in [0.2, 0.25) is 0 Å². The molecule has 0 radical (unpaired) electrons. The van der Waals surface area contributed by atoms with Gasteiger partial charge in [0.2, 0.25) is 0 Å². The number of anilines is 2. The highest BCUT2D eigenvalue weighted by Crippen LogP contribution is 2.33. The van der Waals surface area contributed by atoms with Crippen molar-refractivity contribution in [3.05, 3.63) is 89.1 Å². The van der Waals surface area contributed by atoms with Crippen molar-refractivity contribution in [1.82, 2.24) is 15.2 Å². The molecule has 0 aliphatic rings. The average molecular weight is 450 g/mol. The van der Waals surface area contributed by atoms with E-state index in [0.717, 1.165) is 58.6 Å². The molecule has 0 atom stereocenters. The van der Waals surface area contributed by atoms with E-state index in [1.165, 1.54) is 11.1 Å². The smallest absolute Gasteiger partial charge is 0.103 e. The Bertz CT molecular complexity index is 1350. The quantitative estimate of drug-likeness (QED) is 0.334. The molecule has 0 spiro atoms. The first-order valence-corrected chi connectivity index (χ1v) is 11.6. The summed E-state index contributed by atoms with van der Waals surface area (Å²) in [4.78, 5) is 6.77. The first kappa shape index (κ1) is 23.4. The van der Waals surface area contributed by atoms with Crippen molar-refractivity contribution in [2.24, 2.45) is 0 Å². The number of pyridine rings is 1. The third-order valence-corrected chi connectivity index (χ3v) is 5.96. The molecule has 1 aromatic heterocycles. The number of nitrogens with one attached hydrogen (secondary N) is 2. The molecule has 34 heavy (non-hydrogen) atoms. The Hall–Kier alpha value is -3.72. The van der Waals surface area contributed by atoms with E-state index in [1.54, 1.807) is 6.20 Å². The van der Waals surface area contributed by atoms with Crippen LogP contribution >= 0.6 is 0 Å². The van der Waals surface area contributed by atoms with Gasteiger partial charge in [-0.2, -0.15) is 5.26 Å². The van der Waals surface area contributed by atoms with Crippen molar-refractivity contribution >= 4 is 22.3 Å². The molecule has 5 heteroatoms. The standard InChI is InChI=1S/C29H31N5/c1-20-8-11-27(21(2)14-20)33-29-25(17-30)19-32-28-16-24(9-10-26(28)29)23-7-5-6-22(15-23)18-31-12-13-34(3)4/h5-11,14-16,19,31H,12-13,18H2,1-4H3,(H,32,33). The van der Waals surface area contributed by atoms with E-state index in [9.17, 15) is 5.26 Å². The normalized spacial score (nSPS) is 11.1. The summed E-state index contributed by atoms with van der Waals surface area (Å²) in [6.07, 6.45) is 1.66. The van der Waals surface area contributed by atoms with Crippen molar-refractivity contribution < 1.29 is 0 Å². The number of rotatable bonds is 8. The SMILES string of the molecule is Cc1ccc(Nc2c(C#N)cnc3cc(-c4cccc(CNCCN(C)C)c4)ccc23)c(C)c1. The third-order valence-electron chi connectivity index (χ3n) is 5.96. The summed E-state index contributed by atoms with van der Waals surface area (Å²) in [6.45, 7) is 6.96. The zero-order chi connectivity index (χ0) is 24.1. The van der Waals surface area contributed by atoms with Crippen LogP contribution in [-0.2, 0) is 6.54 Å². The zero-order valence-corrected chi connectivity index (χ0v) is 20.3. The first-order valence-electron chi connectivity index (χ1n) is 11.6. The predicted molar refractivity (Wildman–Crippen MR) is 141 cm³/mol. The van der Waals surface area contributed by atoms with Crippen LogP contribution in [0.1, 0.15) is 22.3 Å². The maximum absolute atomic E-state index is 9.71. The fraction of sp³-hybridized carbons (Fsp3) is 0.241. The molecule has 1 heterocycles. The second-order valence-corrected chi connectivity index (χ2v) is 9.01. The van der Waals surface area contributed by atoms with Gasteiger partial charge in [-0.15, -0.1) is 0 Å². The fourth-order valence-corrected chi connectivity index (χ4v) is 4.08. The summed E-state index contributed by atoms with van der Waals surface area (Å²) in [5, 5.41) is 17.6. The Balaban J connectivity index is 1.64. The summed E-state index contributed by atoms with van der Waals surface area (Å²) in [5.74, 6) is 0. The molecule has 3 aromatic carbocycles. The van der Waals surface area contributed by atoms with Gasteiger partial charge in [0, 0.05) is 36.9 Å². The van der Waals surface area contributed by atoms with Crippen molar-refractivity contribution in [1.29, 1.82) is 5.26 Å². The molecule has 2 N–H and O–H groups in total. The number of benzene rings is 3. The molecule has 0 aliphatic heterocycles. The Kier molecular flexibility index (Phi) is 7.22. The number of nitrogens with zero attached hydrogens (tertiary/aromatic N) is 3. The Morgan fingerprint density at radius 1 is 0.971 bits per heavy atom. The molecular formula is C29H31N5. The van der Waals surface area contributed by atoms with Gasteiger partial charge in [-0.25, -0.2) is 0 Å². The molecule has 0 unspecified atom stereocenters. The van der Waals surface area contributed by atoms with Crippen LogP contribution in [0.25, 0.3) is 22.0 Å². The van der Waals surface area contributed by atoms with Gasteiger partial charge in [0.1, 0.15) is 6.07 Å². The Morgan fingerprint density at radius 2 is 1.79 bits per heavy atom. The lowest BCUT2D eigenvalue weighted by molar-refractivity contribution is 0.400. The number of hydrogen-bond donors (Lipinski definition) is 2. The van der Waals surface area contributed by atoms with Gasteiger partial charge in [0.05, 0.1) is 16.8 Å². The molecule has 0 amide bonds. The van der Waals surface area contributed by atoms with E-state index in [2.05, 4.69) is 115 Å². The molecule has 0 fully saturated rings. The summed E-state index contributed by atoms with van der Waals surface area (Å²) < 4.78 is 0. The highest BCUT2D eigenvalue weighted by molar-refractivity contribution is 5.97. The minimum atomic E-state index is 0.533. The monoisotopic (exact) mass is 449 g/mol. The molecule has 5 nitrogen and oxygen atoms in total. The first-order chi connectivity index (χ1) is 16.4. The fourth-order valence-electron chi connectivity index (χ4n) is 4.08. The number of nitriles is 1. The second kappa shape index (κ2) is 10.5. The van der Waals surface area contributed by atoms with Crippen LogP contribution in [-0.4, -0.2) is 37.1 Å². The third kappa shape index (κ3) is 5.43. The van der Waals surface area contributed by atoms with E-state index in [1.807, 2.05) is 0 Å². The van der Waals surface area contributed by atoms with Crippen LogP contribution in [0.4, 0.5) is 11.4 Å². The van der Waals surface area contributed by atoms with Crippen molar-refractivity contribution in [3.8, 4) is 17.2 Å². The number of aromatic nitrogens is 1. The van der Waals surface area contributed by atoms with E-state index >= 15 is 0 Å². The lowest BCUT2D eigenvalue weighted by atomic mass is 10.00. The molecule has 0 saturated heterocycles. The second-order valence-electron chi connectivity index (χ2n) is 9.01. The van der Waals surface area contributed by atoms with Crippen LogP contribution in [0.3, 0.4) is 0 Å². The van der Waals surface area contributed by atoms with Crippen LogP contribution in [0.5, 0.6) is 0 Å². The average Bonchev–Trinajstić information content (AvgIpc) is 2.83. The van der Waals surface area contributed by atoms with E-state index in [-0.39, 0.29) is 0 Å². The van der Waals surface area contributed by atoms with E-state index < -0.39 is 0 Å². The summed E-state index contributed by atoms with van der Waals surface area (Å²) in [7, 11) is 4.16. The molecular weight excluding hydrogens is 418 g/mol. The number of fused-ring (bicyclic) bond motifs is 1. The number of hydrogen-bond acceptors (Lipinski definition) is 5. The topological polar surface area (TPSA) is 64.0 Å². The number of likely N-dealkylation sites (N-methyl/N-ethyl adjacent to an activating group) is 1. The predicted octanol–water partition coefficient (Wildman–Crippen LogP) is 5.79. The highest BCUT2D eigenvalue weighted by Gasteiger charge is 2.12. The van der Waals surface area contributed by atoms with Gasteiger partial charge in [0.25, 0.3) is 0 Å². The van der Waals surface area contributed by atoms with Crippen molar-refractivity contribution in [3.63, 3.8) is 0 Å². The van der Waals surface area contributed by atoms with Gasteiger partial charge < -0.3 is 15.5 Å². The molecule has 0 aliphatic carbocycles. The van der Waals surface area contributed by atoms with Crippen LogP contribution < -0.4 is 10.6 Å². The number of aryl methyl sites for hydroxylation is 2. The van der Waals surface area contributed by atoms with Gasteiger partial charge >= 0.3 is 0 Å². The minimum absolute atomic E-state index is 0.533. The molecule has 0 saturated carbocycles. The summed E-state index contributed by atoms with van der Waals surface area (Å²) >= 11 is 0. The summed E-state index contributed by atoms with van der Waals surface area (Å²) in [6, 6.07) is 23.4. The van der Waals surface area contributed by atoms with E-state index in [4.69, 9.17) is 0 Å². The van der Waals surface area contributed by atoms with Gasteiger partial charge in [-0.05, 0) is 68.4 Å². The lowest BCUT2D eigenvalue weighted by Crippen LogP contribution is -2.26. The zero-order valence-electron chi connectivity index (χ0n) is 20.3. The van der Waals surface area contributed by atoms with Crippen molar-refractivity contribution in [2.45, 2.75) is 20.4 Å². The summed E-state index contributed by atoms with van der Waals surface area (Å²) in [5.41, 5.74) is 9.05. The van der Waals surface area contributed by atoms with Crippen LogP contribution in [0.15, 0.2) is 66.9 Å². The van der Waals surface area contributed by atoms with Gasteiger partial charge in [0.15, 0.2) is 0 Å². The Labute approximate surface area is 202 Å².